The van der Waals surface area contributed by atoms with Crippen LogP contribution in [-0.4, -0.2) is 61.2 Å². The largest absolute Gasteiger partial charge is 0.493 e. The fraction of sp³-hybridized carbons (Fsp3) is 0.517. The predicted molar refractivity (Wildman–Crippen MR) is 142 cm³/mol. The van der Waals surface area contributed by atoms with Gasteiger partial charge in [0.25, 0.3) is 5.91 Å². The highest BCUT2D eigenvalue weighted by Gasteiger charge is 2.33. The number of amides is 2. The van der Waals surface area contributed by atoms with Crippen LogP contribution in [0.4, 0.5) is 0 Å². The van der Waals surface area contributed by atoms with E-state index in [0.717, 1.165) is 54.1 Å². The maximum Gasteiger partial charge on any atom is 0.255 e. The molecule has 0 radical (unpaired) electrons. The highest BCUT2D eigenvalue weighted by atomic mass is 16.5. The van der Waals surface area contributed by atoms with E-state index in [9.17, 15) is 9.59 Å². The van der Waals surface area contributed by atoms with Gasteiger partial charge in [-0.1, -0.05) is 13.0 Å². The normalized spacial score (nSPS) is 19.9. The molecule has 1 aromatic heterocycles. The molecule has 1 saturated carbocycles. The molecule has 2 amide bonds. The molecule has 0 bridgehead atoms. The molecule has 1 saturated heterocycles. The van der Waals surface area contributed by atoms with E-state index in [1.54, 1.807) is 4.90 Å². The number of carbonyl (C=O) groups excluding carboxylic acids is 2. The summed E-state index contributed by atoms with van der Waals surface area (Å²) in [5.41, 5.74) is 5.73. The average Bonchev–Trinajstić information content (AvgIpc) is 3.61. The first-order valence-corrected chi connectivity index (χ1v) is 13.5. The van der Waals surface area contributed by atoms with E-state index in [-0.39, 0.29) is 30.5 Å². The maximum absolute atomic E-state index is 13.5. The molecule has 8 heteroatoms. The van der Waals surface area contributed by atoms with Crippen molar-refractivity contribution in [3.05, 3.63) is 58.5 Å². The van der Waals surface area contributed by atoms with Crippen LogP contribution < -0.4 is 15.4 Å². The van der Waals surface area contributed by atoms with Gasteiger partial charge in [0.1, 0.15) is 12.4 Å². The van der Waals surface area contributed by atoms with Gasteiger partial charge in [-0.15, -0.1) is 0 Å². The van der Waals surface area contributed by atoms with Crippen molar-refractivity contribution < 1.29 is 19.1 Å². The van der Waals surface area contributed by atoms with Crippen LogP contribution in [0.25, 0.3) is 5.57 Å². The monoisotopic (exact) mass is 506 g/mol. The Kier molecular flexibility index (Phi) is 7.55. The summed E-state index contributed by atoms with van der Waals surface area (Å²) < 4.78 is 11.2. The highest BCUT2D eigenvalue weighted by molar-refractivity contribution is 6.20. The molecule has 5 rings (SSSR count). The molecule has 2 fully saturated rings. The summed E-state index contributed by atoms with van der Waals surface area (Å²) in [6.07, 6.45) is 6.80. The lowest BCUT2D eigenvalue weighted by Gasteiger charge is -2.33. The quantitative estimate of drug-likeness (QED) is 0.484. The van der Waals surface area contributed by atoms with Crippen LogP contribution in [0.1, 0.15) is 68.0 Å². The molecular formula is C29H38N4O4. The number of nitrogens with zero attached hydrogens (tertiary/aromatic N) is 1. The maximum atomic E-state index is 13.5. The van der Waals surface area contributed by atoms with Gasteiger partial charge < -0.3 is 30.0 Å². The summed E-state index contributed by atoms with van der Waals surface area (Å²) in [5, 5.41) is 6.84. The molecule has 3 heterocycles. The van der Waals surface area contributed by atoms with Gasteiger partial charge in [0.2, 0.25) is 5.91 Å². The summed E-state index contributed by atoms with van der Waals surface area (Å²) in [6, 6.07) is 8.44. The number of piperidine rings is 1. The van der Waals surface area contributed by atoms with Crippen molar-refractivity contribution in [2.75, 3.05) is 33.4 Å². The Morgan fingerprint density at radius 2 is 1.89 bits per heavy atom. The molecule has 2 aromatic rings. The number of allylic oxidation sites excluding steroid dienone is 1. The smallest absolute Gasteiger partial charge is 0.255 e. The molecule has 1 aliphatic carbocycles. The van der Waals surface area contributed by atoms with Gasteiger partial charge >= 0.3 is 0 Å². The molecule has 37 heavy (non-hydrogen) atoms. The Morgan fingerprint density at radius 3 is 2.59 bits per heavy atom. The minimum atomic E-state index is -0.103. The van der Waals surface area contributed by atoms with Gasteiger partial charge in [0.05, 0.1) is 23.9 Å². The van der Waals surface area contributed by atoms with E-state index in [4.69, 9.17) is 9.47 Å². The number of fused-ring (bicyclic) bond motifs is 1. The van der Waals surface area contributed by atoms with Crippen LogP contribution in [0, 0.1) is 5.92 Å². The summed E-state index contributed by atoms with van der Waals surface area (Å²) in [4.78, 5) is 30.7. The molecule has 1 atom stereocenters. The van der Waals surface area contributed by atoms with E-state index < -0.39 is 0 Å². The second-order valence-electron chi connectivity index (χ2n) is 10.4. The number of hydrogen-bond acceptors (Lipinski definition) is 5. The third-order valence-corrected chi connectivity index (χ3v) is 7.72. The minimum Gasteiger partial charge on any atom is -0.493 e. The fourth-order valence-corrected chi connectivity index (χ4v) is 5.33. The lowest BCUT2D eigenvalue weighted by molar-refractivity contribution is -0.136. The van der Waals surface area contributed by atoms with Gasteiger partial charge in [0.15, 0.2) is 0 Å². The van der Waals surface area contributed by atoms with Crippen molar-refractivity contribution in [3.63, 3.8) is 0 Å². The number of benzene rings is 1. The van der Waals surface area contributed by atoms with Crippen LogP contribution in [-0.2, 0) is 20.7 Å². The van der Waals surface area contributed by atoms with Crippen molar-refractivity contribution in [1.29, 1.82) is 0 Å². The molecule has 2 aliphatic heterocycles. The molecule has 8 nitrogen and oxygen atoms in total. The van der Waals surface area contributed by atoms with Crippen LogP contribution in [0.5, 0.6) is 5.75 Å². The lowest BCUT2D eigenvalue weighted by atomic mass is 9.89. The van der Waals surface area contributed by atoms with Gasteiger partial charge in [-0.3, -0.25) is 9.59 Å². The van der Waals surface area contributed by atoms with E-state index in [2.05, 4.69) is 46.8 Å². The number of hydrogen-bond donors (Lipinski definition) is 3. The zero-order valence-corrected chi connectivity index (χ0v) is 22.1. The van der Waals surface area contributed by atoms with Crippen LogP contribution in [0.2, 0.25) is 0 Å². The minimum absolute atomic E-state index is 0.00278. The van der Waals surface area contributed by atoms with Gasteiger partial charge in [-0.2, -0.15) is 0 Å². The van der Waals surface area contributed by atoms with Crippen molar-refractivity contribution in [3.8, 4) is 5.75 Å². The zero-order chi connectivity index (χ0) is 25.9. The standard InChI is InChI=1S/C29H38N4O4/c1-4-19-7-8-24(37-16-20-5-6-20)23(15-19)27-22-9-12-30-28(22)26(18(2)31-27)29(35)32-21-10-13-33(14-11-21)25(34)17-36-3/h7-9,12,15,20-21,27,30-31H,4-6,10-11,13-14,16-17H2,1-3H3,(H,32,35). The molecule has 0 spiro atoms. The number of aromatic nitrogens is 1. The zero-order valence-electron chi connectivity index (χ0n) is 22.1. The molecule has 198 valence electrons. The predicted octanol–water partition coefficient (Wildman–Crippen LogP) is 3.54. The van der Waals surface area contributed by atoms with E-state index in [0.29, 0.717) is 24.6 Å². The molecule has 3 N–H and O–H groups in total. The SMILES string of the molecule is CCc1ccc(OCC2CC2)c(C2NC(C)=C(C(=O)NC3CCN(C(=O)COC)CC3)c3[nH]ccc32)c1. The van der Waals surface area contributed by atoms with E-state index >= 15 is 0 Å². The Labute approximate surface area is 218 Å². The number of likely N-dealkylation sites (tertiary alicyclic amines) is 1. The molecule has 1 unspecified atom stereocenters. The first kappa shape index (κ1) is 25.4. The third kappa shape index (κ3) is 5.54. The second kappa shape index (κ2) is 11.0. The number of aryl methyl sites for hydroxylation is 1. The average molecular weight is 507 g/mol. The third-order valence-electron chi connectivity index (χ3n) is 7.72. The number of methoxy groups -OCH3 is 1. The molecule has 1 aromatic carbocycles. The summed E-state index contributed by atoms with van der Waals surface area (Å²) in [6.45, 7) is 6.22. The Balaban J connectivity index is 1.33. The van der Waals surface area contributed by atoms with Crippen LogP contribution >= 0.6 is 0 Å². The summed E-state index contributed by atoms with van der Waals surface area (Å²) >= 11 is 0. The van der Waals surface area contributed by atoms with Gasteiger partial charge in [-0.25, -0.2) is 0 Å². The Bertz CT molecular complexity index is 1170. The van der Waals surface area contributed by atoms with E-state index in [1.807, 2.05) is 13.1 Å². The number of carbonyl (C=O) groups is 2. The van der Waals surface area contributed by atoms with Crippen molar-refractivity contribution in [1.82, 2.24) is 20.5 Å². The first-order chi connectivity index (χ1) is 18.0. The molecule has 3 aliphatic rings. The number of H-pyrrole nitrogens is 1. The van der Waals surface area contributed by atoms with Crippen molar-refractivity contribution in [2.24, 2.45) is 5.92 Å². The Hall–Kier alpha value is -3.26. The highest BCUT2D eigenvalue weighted by Crippen LogP contribution is 2.40. The summed E-state index contributed by atoms with van der Waals surface area (Å²) in [7, 11) is 1.53. The number of nitrogens with one attached hydrogen (secondary N) is 3. The van der Waals surface area contributed by atoms with E-state index in [1.165, 1.54) is 25.5 Å². The second-order valence-corrected chi connectivity index (χ2v) is 10.4. The lowest BCUT2D eigenvalue weighted by Crippen LogP contribution is -2.48. The van der Waals surface area contributed by atoms with Gasteiger partial charge in [-0.05, 0) is 68.7 Å². The van der Waals surface area contributed by atoms with Crippen LogP contribution in [0.3, 0.4) is 0 Å². The van der Waals surface area contributed by atoms with Crippen molar-refractivity contribution in [2.45, 2.75) is 58.0 Å². The number of aromatic amines is 1. The van der Waals surface area contributed by atoms with Gasteiger partial charge in [0, 0.05) is 49.3 Å². The Morgan fingerprint density at radius 1 is 1.11 bits per heavy atom. The fourth-order valence-electron chi connectivity index (χ4n) is 5.33. The number of rotatable bonds is 9. The van der Waals surface area contributed by atoms with Crippen molar-refractivity contribution >= 4 is 17.4 Å². The van der Waals surface area contributed by atoms with Crippen LogP contribution in [0.15, 0.2) is 36.2 Å². The number of ether oxygens (including phenoxy) is 2. The topological polar surface area (TPSA) is 95.7 Å². The first-order valence-electron chi connectivity index (χ1n) is 13.5. The molecular weight excluding hydrogens is 468 g/mol. The summed E-state index contributed by atoms with van der Waals surface area (Å²) in [5.74, 6) is 1.48.